The van der Waals surface area contributed by atoms with Gasteiger partial charge >= 0.3 is 0 Å². The van der Waals surface area contributed by atoms with Crippen molar-refractivity contribution in [3.63, 3.8) is 0 Å². The number of nitrogens with zero attached hydrogens (tertiary/aromatic N) is 2. The molecule has 6 heteroatoms. The van der Waals surface area contributed by atoms with E-state index in [0.717, 1.165) is 22.5 Å². The SMILES string of the molecule is CCCC(=O)Nc1ccccc1Cc1nc(-c2cccs2)no1. The number of hydrogen-bond donors (Lipinski definition) is 1. The predicted molar refractivity (Wildman–Crippen MR) is 90.4 cm³/mol. The van der Waals surface area contributed by atoms with Crippen LogP contribution in [0.15, 0.2) is 46.3 Å². The lowest BCUT2D eigenvalue weighted by Crippen LogP contribution is -2.12. The van der Waals surface area contributed by atoms with Crippen LogP contribution in [0.4, 0.5) is 5.69 Å². The summed E-state index contributed by atoms with van der Waals surface area (Å²) < 4.78 is 5.33. The number of para-hydroxylation sites is 1. The molecule has 3 rings (SSSR count). The van der Waals surface area contributed by atoms with E-state index in [4.69, 9.17) is 4.52 Å². The van der Waals surface area contributed by atoms with Crippen LogP contribution in [0.3, 0.4) is 0 Å². The number of benzene rings is 1. The van der Waals surface area contributed by atoms with E-state index < -0.39 is 0 Å². The number of aromatic nitrogens is 2. The van der Waals surface area contributed by atoms with Crippen LogP contribution in [0.2, 0.25) is 0 Å². The number of amides is 1. The maximum atomic E-state index is 11.8. The fraction of sp³-hybridized carbons (Fsp3) is 0.235. The molecule has 0 aliphatic rings. The standard InChI is InChI=1S/C17H17N3O2S/c1-2-6-15(21)18-13-8-4-3-7-12(13)11-16-19-17(20-22-16)14-9-5-10-23-14/h3-5,7-10H,2,6,11H2,1H3,(H,18,21). The highest BCUT2D eigenvalue weighted by Crippen LogP contribution is 2.23. The number of nitrogens with one attached hydrogen (secondary N) is 1. The third kappa shape index (κ3) is 3.84. The maximum absolute atomic E-state index is 11.8. The number of hydrogen-bond acceptors (Lipinski definition) is 5. The lowest BCUT2D eigenvalue weighted by Gasteiger charge is -2.09. The van der Waals surface area contributed by atoms with E-state index in [-0.39, 0.29) is 5.91 Å². The quantitative estimate of drug-likeness (QED) is 0.739. The molecule has 2 heterocycles. The summed E-state index contributed by atoms with van der Waals surface area (Å²) in [6.45, 7) is 1.98. The first kappa shape index (κ1) is 15.4. The molecule has 0 saturated heterocycles. The summed E-state index contributed by atoms with van der Waals surface area (Å²) in [5.41, 5.74) is 1.75. The Morgan fingerprint density at radius 3 is 2.91 bits per heavy atom. The number of carbonyl (C=O) groups is 1. The van der Waals surface area contributed by atoms with Gasteiger partial charge in [0.1, 0.15) is 0 Å². The number of anilines is 1. The van der Waals surface area contributed by atoms with Crippen LogP contribution in [-0.2, 0) is 11.2 Å². The van der Waals surface area contributed by atoms with Gasteiger partial charge in [-0.05, 0) is 29.5 Å². The molecule has 5 nitrogen and oxygen atoms in total. The van der Waals surface area contributed by atoms with Crippen molar-refractivity contribution < 1.29 is 9.32 Å². The molecule has 0 fully saturated rings. The summed E-state index contributed by atoms with van der Waals surface area (Å²) >= 11 is 1.57. The first-order valence-corrected chi connectivity index (χ1v) is 8.38. The molecule has 3 aromatic rings. The molecular weight excluding hydrogens is 310 g/mol. The maximum Gasteiger partial charge on any atom is 0.231 e. The van der Waals surface area contributed by atoms with Crippen molar-refractivity contribution in [2.75, 3.05) is 5.32 Å². The van der Waals surface area contributed by atoms with E-state index in [1.807, 2.05) is 48.7 Å². The Hall–Kier alpha value is -2.47. The third-order valence-electron chi connectivity index (χ3n) is 3.32. The molecular formula is C17H17N3O2S. The number of rotatable bonds is 6. The van der Waals surface area contributed by atoms with Gasteiger partial charge in [-0.3, -0.25) is 4.79 Å². The number of carbonyl (C=O) groups excluding carboxylic acids is 1. The zero-order valence-electron chi connectivity index (χ0n) is 12.8. The van der Waals surface area contributed by atoms with E-state index in [9.17, 15) is 4.79 Å². The van der Waals surface area contributed by atoms with Gasteiger partial charge in [-0.1, -0.05) is 36.3 Å². The Balaban J connectivity index is 1.76. The molecule has 0 saturated carbocycles. The lowest BCUT2D eigenvalue weighted by atomic mass is 10.1. The van der Waals surface area contributed by atoms with Crippen molar-refractivity contribution >= 4 is 22.9 Å². The summed E-state index contributed by atoms with van der Waals surface area (Å²) in [6.07, 6.45) is 1.82. The monoisotopic (exact) mass is 327 g/mol. The van der Waals surface area contributed by atoms with Crippen LogP contribution in [0, 0.1) is 0 Å². The summed E-state index contributed by atoms with van der Waals surface area (Å²) in [5, 5.41) is 8.93. The van der Waals surface area contributed by atoms with Crippen molar-refractivity contribution in [2.24, 2.45) is 0 Å². The van der Waals surface area contributed by atoms with Gasteiger partial charge < -0.3 is 9.84 Å². The van der Waals surface area contributed by atoms with Crippen molar-refractivity contribution in [1.82, 2.24) is 10.1 Å². The van der Waals surface area contributed by atoms with Crippen molar-refractivity contribution in [2.45, 2.75) is 26.2 Å². The van der Waals surface area contributed by atoms with Crippen molar-refractivity contribution in [1.29, 1.82) is 0 Å². The normalized spacial score (nSPS) is 10.7. The smallest absolute Gasteiger partial charge is 0.231 e. The van der Waals surface area contributed by atoms with Gasteiger partial charge in [-0.15, -0.1) is 11.3 Å². The average molecular weight is 327 g/mol. The Bertz CT molecular complexity index is 781. The molecule has 0 atom stereocenters. The van der Waals surface area contributed by atoms with Crippen molar-refractivity contribution in [3.8, 4) is 10.7 Å². The molecule has 0 aliphatic heterocycles. The first-order chi connectivity index (χ1) is 11.3. The van der Waals surface area contributed by atoms with Crippen molar-refractivity contribution in [3.05, 3.63) is 53.2 Å². The minimum atomic E-state index is 0.0183. The fourth-order valence-electron chi connectivity index (χ4n) is 2.23. The Labute approximate surface area is 138 Å². The molecule has 0 spiro atoms. The van der Waals surface area contributed by atoms with Crippen LogP contribution in [0.5, 0.6) is 0 Å². The van der Waals surface area contributed by atoms with Gasteiger partial charge in [0.25, 0.3) is 0 Å². The highest BCUT2D eigenvalue weighted by Gasteiger charge is 2.12. The van der Waals surface area contributed by atoms with Gasteiger partial charge in [-0.2, -0.15) is 4.98 Å². The molecule has 1 aromatic carbocycles. The van der Waals surface area contributed by atoms with E-state index in [1.165, 1.54) is 0 Å². The molecule has 0 unspecified atom stereocenters. The van der Waals surface area contributed by atoms with Crippen LogP contribution in [0.25, 0.3) is 10.7 Å². The van der Waals surface area contributed by atoms with Crippen LogP contribution >= 0.6 is 11.3 Å². The second-order valence-electron chi connectivity index (χ2n) is 5.12. The highest BCUT2D eigenvalue weighted by molar-refractivity contribution is 7.13. The zero-order valence-corrected chi connectivity index (χ0v) is 13.6. The molecule has 0 aliphatic carbocycles. The summed E-state index contributed by atoms with van der Waals surface area (Å²) in [6, 6.07) is 11.6. The van der Waals surface area contributed by atoms with Crippen LogP contribution in [0.1, 0.15) is 31.2 Å². The molecule has 0 radical (unpaired) electrons. The Kier molecular flexibility index (Phi) is 4.83. The lowest BCUT2D eigenvalue weighted by molar-refractivity contribution is -0.116. The minimum absolute atomic E-state index is 0.0183. The van der Waals surface area contributed by atoms with E-state index in [0.29, 0.717) is 24.6 Å². The first-order valence-electron chi connectivity index (χ1n) is 7.50. The zero-order chi connectivity index (χ0) is 16.1. The average Bonchev–Trinajstić information content (AvgIpc) is 3.20. The molecule has 118 valence electrons. The topological polar surface area (TPSA) is 68.0 Å². The molecule has 23 heavy (non-hydrogen) atoms. The molecule has 1 N–H and O–H groups in total. The summed E-state index contributed by atoms with van der Waals surface area (Å²) in [7, 11) is 0. The Morgan fingerprint density at radius 2 is 2.13 bits per heavy atom. The van der Waals surface area contributed by atoms with E-state index in [2.05, 4.69) is 15.5 Å². The largest absolute Gasteiger partial charge is 0.339 e. The van der Waals surface area contributed by atoms with Gasteiger partial charge in [0.15, 0.2) is 0 Å². The van der Waals surface area contributed by atoms with Gasteiger partial charge in [0.05, 0.1) is 11.3 Å². The van der Waals surface area contributed by atoms with Gasteiger partial charge in [0.2, 0.25) is 17.6 Å². The summed E-state index contributed by atoms with van der Waals surface area (Å²) in [5.74, 6) is 1.15. The van der Waals surface area contributed by atoms with Gasteiger partial charge in [0, 0.05) is 12.1 Å². The molecule has 0 bridgehead atoms. The number of thiophene rings is 1. The van der Waals surface area contributed by atoms with Crippen LogP contribution in [-0.4, -0.2) is 16.0 Å². The molecule has 2 aromatic heterocycles. The van der Waals surface area contributed by atoms with E-state index >= 15 is 0 Å². The fourth-order valence-corrected chi connectivity index (χ4v) is 2.88. The van der Waals surface area contributed by atoms with E-state index in [1.54, 1.807) is 11.3 Å². The summed E-state index contributed by atoms with van der Waals surface area (Å²) in [4.78, 5) is 17.2. The second-order valence-corrected chi connectivity index (χ2v) is 6.07. The second kappa shape index (κ2) is 7.19. The third-order valence-corrected chi connectivity index (χ3v) is 4.19. The predicted octanol–water partition coefficient (Wildman–Crippen LogP) is 4.13. The van der Waals surface area contributed by atoms with Crippen LogP contribution < -0.4 is 5.32 Å². The van der Waals surface area contributed by atoms with Gasteiger partial charge in [-0.25, -0.2) is 0 Å². The molecule has 1 amide bonds. The highest BCUT2D eigenvalue weighted by atomic mass is 32.1. The Morgan fingerprint density at radius 1 is 1.26 bits per heavy atom. The minimum Gasteiger partial charge on any atom is -0.339 e.